The van der Waals surface area contributed by atoms with Crippen LogP contribution in [0.3, 0.4) is 0 Å². The van der Waals surface area contributed by atoms with E-state index in [0.717, 1.165) is 35.4 Å². The Hall–Kier alpha value is -3.13. The lowest BCUT2D eigenvalue weighted by molar-refractivity contribution is -0.146. The van der Waals surface area contributed by atoms with E-state index in [1.165, 1.54) is 19.2 Å². The minimum atomic E-state index is -0.525. The number of hydrazine groups is 1. The van der Waals surface area contributed by atoms with Crippen molar-refractivity contribution >= 4 is 17.9 Å². The van der Waals surface area contributed by atoms with Crippen LogP contribution in [0.2, 0.25) is 0 Å². The van der Waals surface area contributed by atoms with Crippen molar-refractivity contribution in [2.24, 2.45) is 11.0 Å². The van der Waals surface area contributed by atoms with Crippen molar-refractivity contribution in [3.8, 4) is 5.75 Å². The highest BCUT2D eigenvalue weighted by Crippen LogP contribution is 2.57. The molecule has 186 valence electrons. The molecule has 7 nitrogen and oxygen atoms in total. The fourth-order valence-corrected chi connectivity index (χ4v) is 6.25. The zero-order valence-corrected chi connectivity index (χ0v) is 20.6. The highest BCUT2D eigenvalue weighted by molar-refractivity contribution is 5.75. The second-order valence-corrected chi connectivity index (χ2v) is 9.74. The van der Waals surface area contributed by atoms with Gasteiger partial charge in [0, 0.05) is 24.4 Å². The van der Waals surface area contributed by atoms with Crippen molar-refractivity contribution in [3.63, 3.8) is 0 Å². The molecule has 2 aromatic rings. The summed E-state index contributed by atoms with van der Waals surface area (Å²) in [5.74, 6) is -0.160. The molecule has 1 saturated heterocycles. The Labute approximate surface area is 205 Å². The van der Waals surface area contributed by atoms with Crippen LogP contribution >= 0.6 is 0 Å². The number of anilines is 1. The predicted octanol–water partition coefficient (Wildman–Crippen LogP) is 4.48. The molecule has 3 aliphatic rings. The highest BCUT2D eigenvalue weighted by Gasteiger charge is 2.56. The molecular formula is C27H32FN3O4. The van der Waals surface area contributed by atoms with E-state index in [4.69, 9.17) is 14.2 Å². The molecule has 8 heteroatoms. The van der Waals surface area contributed by atoms with Gasteiger partial charge in [0.2, 0.25) is 0 Å². The molecule has 1 spiro atoms. The van der Waals surface area contributed by atoms with Crippen LogP contribution in [-0.2, 0) is 14.3 Å². The van der Waals surface area contributed by atoms with Crippen LogP contribution < -0.4 is 9.75 Å². The molecule has 0 bridgehead atoms. The van der Waals surface area contributed by atoms with Crippen LogP contribution in [0.5, 0.6) is 5.75 Å². The van der Waals surface area contributed by atoms with E-state index in [9.17, 15) is 9.18 Å². The third kappa shape index (κ3) is 4.03. The molecule has 1 aliphatic carbocycles. The summed E-state index contributed by atoms with van der Waals surface area (Å²) >= 11 is 0. The summed E-state index contributed by atoms with van der Waals surface area (Å²) in [6.45, 7) is 2.62. The topological polar surface area (TPSA) is 63.6 Å². The molecule has 5 atom stereocenters. The Morgan fingerprint density at radius 1 is 1.20 bits per heavy atom. The maximum Gasteiger partial charge on any atom is 0.309 e. The van der Waals surface area contributed by atoms with Crippen molar-refractivity contribution in [2.45, 2.75) is 49.7 Å². The number of benzene rings is 2. The first kappa shape index (κ1) is 23.6. The first-order chi connectivity index (χ1) is 16.9. The van der Waals surface area contributed by atoms with Crippen LogP contribution in [0, 0.1) is 11.7 Å². The number of carbonyl (C=O) groups excluding carboxylic acids is 1. The Balaban J connectivity index is 1.48. The lowest BCUT2D eigenvalue weighted by Crippen LogP contribution is -2.38. The normalized spacial score (nSPS) is 29.9. The molecule has 35 heavy (non-hydrogen) atoms. The fraction of sp³-hybridized carbons (Fsp3) is 0.481. The van der Waals surface area contributed by atoms with Gasteiger partial charge < -0.3 is 14.2 Å². The number of hydrogen-bond acceptors (Lipinski definition) is 7. The molecule has 2 aromatic carbocycles. The van der Waals surface area contributed by atoms with Gasteiger partial charge in [0.1, 0.15) is 11.6 Å². The van der Waals surface area contributed by atoms with E-state index in [1.807, 2.05) is 30.5 Å². The molecule has 2 unspecified atom stereocenters. The number of rotatable bonds is 5. The summed E-state index contributed by atoms with van der Waals surface area (Å²) in [6, 6.07) is 12.8. The maximum atomic E-state index is 13.7. The van der Waals surface area contributed by atoms with Crippen molar-refractivity contribution in [3.05, 3.63) is 59.4 Å². The van der Waals surface area contributed by atoms with E-state index >= 15 is 0 Å². The van der Waals surface area contributed by atoms with E-state index < -0.39 is 5.60 Å². The number of hydrogen-bond donors (Lipinski definition) is 0. The summed E-state index contributed by atoms with van der Waals surface area (Å²) in [6.07, 6.45) is 4.07. The largest absolute Gasteiger partial charge is 0.496 e. The third-order valence-electron chi connectivity index (χ3n) is 7.81. The molecule has 0 N–H and O–H groups in total. The van der Waals surface area contributed by atoms with Gasteiger partial charge in [-0.25, -0.2) is 9.51 Å². The fourth-order valence-electron chi connectivity index (χ4n) is 6.25. The average Bonchev–Trinajstić information content (AvgIpc) is 3.56. The highest BCUT2D eigenvalue weighted by atomic mass is 19.1. The van der Waals surface area contributed by atoms with Crippen LogP contribution in [-0.4, -0.2) is 56.8 Å². The lowest BCUT2D eigenvalue weighted by Gasteiger charge is -2.33. The van der Waals surface area contributed by atoms with Gasteiger partial charge in [-0.3, -0.25) is 9.80 Å². The monoisotopic (exact) mass is 481 g/mol. The van der Waals surface area contributed by atoms with Gasteiger partial charge >= 0.3 is 5.97 Å². The molecule has 0 aromatic heterocycles. The van der Waals surface area contributed by atoms with Gasteiger partial charge in [-0.05, 0) is 62.1 Å². The van der Waals surface area contributed by atoms with Crippen LogP contribution in [0.15, 0.2) is 47.6 Å². The van der Waals surface area contributed by atoms with Crippen molar-refractivity contribution in [1.29, 1.82) is 0 Å². The minimum Gasteiger partial charge on any atom is -0.496 e. The standard InChI is InChI=1S/C27H32FN3O4/c1-17-15-29-30(2)31(17)21-9-10-24(33-3)23(13-21)19-14-27(35-16-19)12-11-22(26(32)34-4)25(27)18-5-7-20(28)8-6-18/h5-10,13,15,17,19,22,25H,11-12,14,16H2,1-4H3/t17?,19?,22-,25+,27+/m0/s1. The Morgan fingerprint density at radius 3 is 2.63 bits per heavy atom. The number of halogens is 1. The summed E-state index contributed by atoms with van der Waals surface area (Å²) in [7, 11) is 5.03. The van der Waals surface area contributed by atoms with Gasteiger partial charge in [0.15, 0.2) is 0 Å². The van der Waals surface area contributed by atoms with E-state index in [2.05, 4.69) is 23.1 Å². The van der Waals surface area contributed by atoms with Gasteiger partial charge in [-0.1, -0.05) is 12.1 Å². The smallest absolute Gasteiger partial charge is 0.309 e. The maximum absolute atomic E-state index is 13.7. The van der Waals surface area contributed by atoms with E-state index in [-0.39, 0.29) is 35.6 Å². The Morgan fingerprint density at radius 2 is 1.97 bits per heavy atom. The second kappa shape index (κ2) is 9.15. The molecule has 2 fully saturated rings. The SMILES string of the molecule is COC(=O)[C@H]1CC[C@@]2(CC(c3cc(N4C(C)C=NN4C)ccc3OC)CO2)[C@@H]1c1ccc(F)cc1. The van der Waals surface area contributed by atoms with Crippen molar-refractivity contribution in [1.82, 2.24) is 5.12 Å². The first-order valence-electron chi connectivity index (χ1n) is 12.1. The molecule has 5 rings (SSSR count). The predicted molar refractivity (Wildman–Crippen MR) is 131 cm³/mol. The molecular weight excluding hydrogens is 449 g/mol. The molecule has 2 aliphatic heterocycles. The molecule has 2 heterocycles. The summed E-state index contributed by atoms with van der Waals surface area (Å²) < 4.78 is 31.2. The van der Waals surface area contributed by atoms with Crippen LogP contribution in [0.1, 0.15) is 49.1 Å². The zero-order chi connectivity index (χ0) is 24.7. The quantitative estimate of drug-likeness (QED) is 0.587. The average molecular weight is 482 g/mol. The number of nitrogens with zero attached hydrogens (tertiary/aromatic N) is 3. The van der Waals surface area contributed by atoms with Gasteiger partial charge in [0.05, 0.1) is 50.3 Å². The lowest BCUT2D eigenvalue weighted by atomic mass is 9.76. The van der Waals surface area contributed by atoms with Gasteiger partial charge in [-0.2, -0.15) is 5.10 Å². The molecule has 1 saturated carbocycles. The van der Waals surface area contributed by atoms with E-state index in [1.54, 1.807) is 19.2 Å². The van der Waals surface area contributed by atoms with Crippen LogP contribution in [0.25, 0.3) is 0 Å². The van der Waals surface area contributed by atoms with Crippen LogP contribution in [0.4, 0.5) is 10.1 Å². The summed E-state index contributed by atoms with van der Waals surface area (Å²) in [5.41, 5.74) is 2.49. The summed E-state index contributed by atoms with van der Waals surface area (Å²) in [5, 5.41) is 8.36. The summed E-state index contributed by atoms with van der Waals surface area (Å²) in [4.78, 5) is 12.7. The molecule has 0 radical (unpaired) electrons. The Bertz CT molecular complexity index is 1110. The third-order valence-corrected chi connectivity index (χ3v) is 7.81. The van der Waals surface area contributed by atoms with Gasteiger partial charge in [-0.15, -0.1) is 0 Å². The number of esters is 1. The first-order valence-corrected chi connectivity index (χ1v) is 12.1. The van der Waals surface area contributed by atoms with Crippen molar-refractivity contribution < 1.29 is 23.4 Å². The molecule has 0 amide bonds. The van der Waals surface area contributed by atoms with E-state index in [0.29, 0.717) is 13.0 Å². The van der Waals surface area contributed by atoms with Crippen molar-refractivity contribution in [2.75, 3.05) is 32.9 Å². The second-order valence-electron chi connectivity index (χ2n) is 9.74. The minimum absolute atomic E-state index is 0.0911. The number of carbonyl (C=O) groups is 1. The Kier molecular flexibility index (Phi) is 6.17. The number of ether oxygens (including phenoxy) is 3. The van der Waals surface area contributed by atoms with Gasteiger partial charge in [0.25, 0.3) is 0 Å². The number of methoxy groups -OCH3 is 2. The number of hydrazone groups is 1. The zero-order valence-electron chi connectivity index (χ0n) is 20.6.